The zero-order valence-corrected chi connectivity index (χ0v) is 20.7. The molecule has 0 aliphatic carbocycles. The van der Waals surface area contributed by atoms with Crippen molar-refractivity contribution in [3.63, 3.8) is 0 Å². The lowest BCUT2D eigenvalue weighted by atomic mass is 10.0. The number of thiophene rings is 1. The van der Waals surface area contributed by atoms with Gasteiger partial charge < -0.3 is 0 Å². The minimum atomic E-state index is 0.751. The van der Waals surface area contributed by atoms with Gasteiger partial charge in [0.2, 0.25) is 0 Å². The summed E-state index contributed by atoms with van der Waals surface area (Å²) >= 11 is 1.86. The third kappa shape index (κ3) is 3.18. The second kappa shape index (κ2) is 7.95. The molecule has 6 aromatic carbocycles. The van der Waals surface area contributed by atoms with E-state index in [4.69, 9.17) is 9.97 Å². The number of nitrogens with zero attached hydrogens (tertiary/aromatic N) is 2. The lowest BCUT2D eigenvalue weighted by Gasteiger charge is -2.12. The molecule has 8 rings (SSSR count). The molecule has 0 unspecified atom stereocenters. The van der Waals surface area contributed by atoms with Crippen molar-refractivity contribution in [3.05, 3.63) is 121 Å². The Hall–Kier alpha value is -4.60. The highest BCUT2D eigenvalue weighted by atomic mass is 32.1. The van der Waals surface area contributed by atoms with Gasteiger partial charge in [-0.15, -0.1) is 11.3 Å². The monoisotopic (exact) mass is 488 g/mol. The van der Waals surface area contributed by atoms with Gasteiger partial charge in [0.05, 0.1) is 11.2 Å². The molecule has 0 bridgehead atoms. The summed E-state index contributed by atoms with van der Waals surface area (Å²) in [5, 5.41) is 8.53. The van der Waals surface area contributed by atoms with Crippen LogP contribution < -0.4 is 0 Å². The van der Waals surface area contributed by atoms with Crippen molar-refractivity contribution in [2.75, 3.05) is 0 Å². The van der Waals surface area contributed by atoms with Gasteiger partial charge in [-0.05, 0) is 34.4 Å². The molecule has 0 atom stereocenters. The summed E-state index contributed by atoms with van der Waals surface area (Å²) in [4.78, 5) is 10.3. The van der Waals surface area contributed by atoms with Crippen LogP contribution in [0.2, 0.25) is 0 Å². The Balaban J connectivity index is 1.40. The van der Waals surface area contributed by atoms with Crippen LogP contribution >= 0.6 is 11.3 Å². The van der Waals surface area contributed by atoms with Gasteiger partial charge in [-0.25, -0.2) is 9.97 Å². The lowest BCUT2D eigenvalue weighted by Crippen LogP contribution is -1.96. The van der Waals surface area contributed by atoms with E-state index in [2.05, 4.69) is 115 Å². The van der Waals surface area contributed by atoms with Crippen LogP contribution in [-0.4, -0.2) is 9.97 Å². The summed E-state index contributed by atoms with van der Waals surface area (Å²) in [6.45, 7) is 0. The highest BCUT2D eigenvalue weighted by molar-refractivity contribution is 7.26. The largest absolute Gasteiger partial charge is 0.227 e. The molecular formula is C34H20N2S. The van der Waals surface area contributed by atoms with Crippen LogP contribution in [-0.2, 0) is 0 Å². The van der Waals surface area contributed by atoms with Crippen LogP contribution in [0.3, 0.4) is 0 Å². The van der Waals surface area contributed by atoms with Crippen molar-refractivity contribution in [1.29, 1.82) is 0 Å². The van der Waals surface area contributed by atoms with E-state index >= 15 is 0 Å². The van der Waals surface area contributed by atoms with Crippen molar-refractivity contribution in [3.8, 4) is 22.6 Å². The predicted molar refractivity (Wildman–Crippen MR) is 158 cm³/mol. The molecule has 0 radical (unpaired) electrons. The number of hydrogen-bond acceptors (Lipinski definition) is 3. The summed E-state index contributed by atoms with van der Waals surface area (Å²) in [7, 11) is 0. The summed E-state index contributed by atoms with van der Waals surface area (Å²) in [6, 6.07) is 43.0. The first kappa shape index (κ1) is 20.6. The summed E-state index contributed by atoms with van der Waals surface area (Å²) in [6.07, 6.45) is 0. The topological polar surface area (TPSA) is 25.8 Å². The summed E-state index contributed by atoms with van der Waals surface area (Å²) in [5.74, 6) is 0.751. The maximum absolute atomic E-state index is 5.16. The molecule has 37 heavy (non-hydrogen) atoms. The van der Waals surface area contributed by atoms with E-state index in [1.807, 2.05) is 17.4 Å². The van der Waals surface area contributed by atoms with Gasteiger partial charge in [0.25, 0.3) is 0 Å². The van der Waals surface area contributed by atoms with Gasteiger partial charge in [0, 0.05) is 42.1 Å². The lowest BCUT2D eigenvalue weighted by molar-refractivity contribution is 1.24. The fraction of sp³-hybridized carbons (Fsp3) is 0. The number of hydrogen-bond donors (Lipinski definition) is 0. The predicted octanol–water partition coefficient (Wildman–Crippen LogP) is 9.64. The molecule has 0 aliphatic heterocycles. The van der Waals surface area contributed by atoms with E-state index in [-0.39, 0.29) is 0 Å². The molecule has 0 saturated heterocycles. The van der Waals surface area contributed by atoms with Crippen molar-refractivity contribution in [2.24, 2.45) is 0 Å². The second-order valence-electron chi connectivity index (χ2n) is 9.42. The summed E-state index contributed by atoms with van der Waals surface area (Å²) in [5.41, 5.74) is 4.08. The Bertz CT molecular complexity index is 2140. The van der Waals surface area contributed by atoms with Gasteiger partial charge in [0.1, 0.15) is 0 Å². The van der Waals surface area contributed by atoms with Gasteiger partial charge in [-0.2, -0.15) is 0 Å². The summed E-state index contributed by atoms with van der Waals surface area (Å²) < 4.78 is 2.66. The molecule has 0 spiro atoms. The van der Waals surface area contributed by atoms with Gasteiger partial charge in [0.15, 0.2) is 5.82 Å². The molecule has 172 valence electrons. The standard InChI is InChI=1S/C34H20N2S/c1-2-9-22(10-3-1)31-29-19-14-21-8-4-5-11-25(21)32(29)36-34(35-31)24-16-17-26-23(20-24)15-18-28-27-12-6-7-13-30(27)37-33(26)28/h1-20H. The molecule has 0 fully saturated rings. The molecule has 3 heteroatoms. The quantitative estimate of drug-likeness (QED) is 0.226. The normalized spacial score (nSPS) is 11.8. The van der Waals surface area contributed by atoms with Gasteiger partial charge in [-0.3, -0.25) is 0 Å². The third-order valence-electron chi connectivity index (χ3n) is 7.26. The Morgan fingerprint density at radius 3 is 2.11 bits per heavy atom. The van der Waals surface area contributed by atoms with E-state index in [0.29, 0.717) is 0 Å². The van der Waals surface area contributed by atoms with Gasteiger partial charge in [-0.1, -0.05) is 103 Å². The highest BCUT2D eigenvalue weighted by Crippen LogP contribution is 2.39. The van der Waals surface area contributed by atoms with Crippen molar-refractivity contribution >= 4 is 64.0 Å². The van der Waals surface area contributed by atoms with Crippen LogP contribution in [0, 0.1) is 0 Å². The molecule has 2 aromatic heterocycles. The number of fused-ring (bicyclic) bond motifs is 8. The molecular weight excluding hydrogens is 468 g/mol. The second-order valence-corrected chi connectivity index (χ2v) is 10.5. The number of aromatic nitrogens is 2. The number of benzene rings is 6. The fourth-order valence-electron chi connectivity index (χ4n) is 5.46. The maximum Gasteiger partial charge on any atom is 0.160 e. The Morgan fingerprint density at radius 1 is 0.459 bits per heavy atom. The molecule has 2 heterocycles. The van der Waals surface area contributed by atoms with Crippen molar-refractivity contribution < 1.29 is 0 Å². The Labute approximate surface area is 217 Å². The van der Waals surface area contributed by atoms with Crippen molar-refractivity contribution in [1.82, 2.24) is 9.97 Å². The first-order valence-corrected chi connectivity index (χ1v) is 13.2. The molecule has 0 N–H and O–H groups in total. The van der Waals surface area contributed by atoms with E-state index in [1.165, 1.54) is 36.3 Å². The van der Waals surface area contributed by atoms with Crippen molar-refractivity contribution in [2.45, 2.75) is 0 Å². The van der Waals surface area contributed by atoms with E-state index < -0.39 is 0 Å². The molecule has 8 aromatic rings. The minimum absolute atomic E-state index is 0.751. The molecule has 0 aliphatic rings. The SMILES string of the molecule is c1ccc(-c2nc(-c3ccc4c(ccc5c6ccccc6sc45)c3)nc3c2ccc2ccccc23)cc1. The molecule has 0 saturated carbocycles. The van der Waals surface area contributed by atoms with Crippen LogP contribution in [0.25, 0.3) is 75.3 Å². The van der Waals surface area contributed by atoms with Crippen LogP contribution in [0.4, 0.5) is 0 Å². The Kier molecular flexibility index (Phi) is 4.42. The van der Waals surface area contributed by atoms with Crippen LogP contribution in [0.5, 0.6) is 0 Å². The van der Waals surface area contributed by atoms with E-state index in [9.17, 15) is 0 Å². The maximum atomic E-state index is 5.16. The zero-order chi connectivity index (χ0) is 24.3. The Morgan fingerprint density at radius 2 is 1.19 bits per heavy atom. The zero-order valence-electron chi connectivity index (χ0n) is 19.8. The van der Waals surface area contributed by atoms with Crippen LogP contribution in [0.15, 0.2) is 121 Å². The van der Waals surface area contributed by atoms with E-state index in [1.54, 1.807) is 0 Å². The number of rotatable bonds is 2. The first-order chi connectivity index (χ1) is 18.3. The first-order valence-electron chi connectivity index (χ1n) is 12.4. The van der Waals surface area contributed by atoms with E-state index in [0.717, 1.165) is 38.9 Å². The average Bonchev–Trinajstić information content (AvgIpc) is 3.36. The van der Waals surface area contributed by atoms with Crippen LogP contribution in [0.1, 0.15) is 0 Å². The average molecular weight is 489 g/mol. The molecule has 0 amide bonds. The highest BCUT2D eigenvalue weighted by Gasteiger charge is 2.15. The van der Waals surface area contributed by atoms with Gasteiger partial charge >= 0.3 is 0 Å². The molecule has 2 nitrogen and oxygen atoms in total. The smallest absolute Gasteiger partial charge is 0.160 e. The minimum Gasteiger partial charge on any atom is -0.227 e. The third-order valence-corrected chi connectivity index (χ3v) is 8.48. The fourth-order valence-corrected chi connectivity index (χ4v) is 6.70.